The van der Waals surface area contributed by atoms with Crippen LogP contribution in [0, 0.1) is 0 Å². The maximum atomic E-state index is 12.8. The molecule has 1 aromatic heterocycles. The Bertz CT molecular complexity index is 639. The predicted octanol–water partition coefficient (Wildman–Crippen LogP) is 3.61. The van der Waals surface area contributed by atoms with Gasteiger partial charge in [-0.25, -0.2) is 0 Å². The first-order valence-corrected chi connectivity index (χ1v) is 9.13. The molecular weight excluding hydrogens is 312 g/mol. The molecule has 1 aliphatic rings. The second kappa shape index (κ2) is 9.33. The lowest BCUT2D eigenvalue weighted by molar-refractivity contribution is -0.132. The highest BCUT2D eigenvalue weighted by Gasteiger charge is 2.19. The molecule has 4 nitrogen and oxygen atoms in total. The maximum Gasteiger partial charge on any atom is 0.222 e. The lowest BCUT2D eigenvalue weighted by Crippen LogP contribution is -2.33. The summed E-state index contributed by atoms with van der Waals surface area (Å²) in [5.74, 6) is 0.211. The Morgan fingerprint density at radius 2 is 1.92 bits per heavy atom. The molecule has 0 saturated carbocycles. The standard InChI is InChI=1S/C21H26N2O2/c24-21(9-8-20-7-4-16-25-20)23(17-19-10-13-22-14-11-19)15-12-18-5-2-1-3-6-18/h1-3,5-6,10-11,13-14,20H,4,7-9,12,15-17H2. The zero-order valence-electron chi connectivity index (χ0n) is 14.6. The van der Waals surface area contributed by atoms with Gasteiger partial charge in [-0.15, -0.1) is 0 Å². The molecule has 1 unspecified atom stereocenters. The van der Waals surface area contributed by atoms with Crippen molar-refractivity contribution in [2.75, 3.05) is 13.2 Å². The summed E-state index contributed by atoms with van der Waals surface area (Å²) in [5, 5.41) is 0. The van der Waals surface area contributed by atoms with Crippen LogP contribution in [0.15, 0.2) is 54.9 Å². The number of pyridine rings is 1. The van der Waals surface area contributed by atoms with Gasteiger partial charge in [0.05, 0.1) is 6.10 Å². The van der Waals surface area contributed by atoms with Crippen LogP contribution in [0.1, 0.15) is 36.8 Å². The predicted molar refractivity (Wildman–Crippen MR) is 98.0 cm³/mol. The maximum absolute atomic E-state index is 12.8. The third-order valence-corrected chi connectivity index (χ3v) is 4.69. The topological polar surface area (TPSA) is 42.4 Å². The highest BCUT2D eigenvalue weighted by molar-refractivity contribution is 5.76. The number of rotatable bonds is 8. The molecule has 0 radical (unpaired) electrons. The van der Waals surface area contributed by atoms with E-state index in [1.807, 2.05) is 35.2 Å². The Kier molecular flexibility index (Phi) is 6.57. The van der Waals surface area contributed by atoms with Crippen LogP contribution in [-0.2, 0) is 22.5 Å². The molecule has 0 spiro atoms. The van der Waals surface area contributed by atoms with Crippen molar-refractivity contribution < 1.29 is 9.53 Å². The minimum Gasteiger partial charge on any atom is -0.378 e. The summed E-state index contributed by atoms with van der Waals surface area (Å²) in [7, 11) is 0. The van der Waals surface area contributed by atoms with E-state index in [-0.39, 0.29) is 12.0 Å². The number of carbonyl (C=O) groups is 1. The molecule has 1 saturated heterocycles. The quantitative estimate of drug-likeness (QED) is 0.738. The van der Waals surface area contributed by atoms with Crippen molar-refractivity contribution in [2.24, 2.45) is 0 Å². The zero-order valence-corrected chi connectivity index (χ0v) is 14.6. The number of ether oxygens (including phenoxy) is 1. The van der Waals surface area contributed by atoms with Gasteiger partial charge in [0.1, 0.15) is 0 Å². The molecule has 1 amide bonds. The van der Waals surface area contributed by atoms with Crippen LogP contribution in [0.3, 0.4) is 0 Å². The molecule has 0 bridgehead atoms. The van der Waals surface area contributed by atoms with Crippen molar-refractivity contribution in [3.8, 4) is 0 Å². The average Bonchev–Trinajstić information content (AvgIpc) is 3.18. The van der Waals surface area contributed by atoms with Gasteiger partial charge in [-0.3, -0.25) is 9.78 Å². The number of amides is 1. The Hall–Kier alpha value is -2.20. The number of hydrogen-bond acceptors (Lipinski definition) is 3. The van der Waals surface area contributed by atoms with Crippen LogP contribution < -0.4 is 0 Å². The van der Waals surface area contributed by atoms with Crippen LogP contribution in [-0.4, -0.2) is 35.0 Å². The molecular formula is C21H26N2O2. The monoisotopic (exact) mass is 338 g/mol. The SMILES string of the molecule is O=C(CCC1CCCO1)N(CCc1ccccc1)Cc1ccncc1. The van der Waals surface area contributed by atoms with Gasteiger partial charge in [-0.2, -0.15) is 0 Å². The molecule has 4 heteroatoms. The Balaban J connectivity index is 1.59. The number of hydrogen-bond donors (Lipinski definition) is 0. The molecule has 1 aliphatic heterocycles. The van der Waals surface area contributed by atoms with Gasteiger partial charge in [0.15, 0.2) is 0 Å². The summed E-state index contributed by atoms with van der Waals surface area (Å²) in [6, 6.07) is 14.3. The van der Waals surface area contributed by atoms with Crippen LogP contribution in [0.2, 0.25) is 0 Å². The first-order valence-electron chi connectivity index (χ1n) is 9.13. The summed E-state index contributed by atoms with van der Waals surface area (Å²) in [6.07, 6.45) is 8.29. The Morgan fingerprint density at radius 3 is 2.64 bits per heavy atom. The fourth-order valence-electron chi connectivity index (χ4n) is 3.22. The van der Waals surface area contributed by atoms with Gasteiger partial charge in [0.2, 0.25) is 5.91 Å². The Morgan fingerprint density at radius 1 is 1.12 bits per heavy atom. The van der Waals surface area contributed by atoms with Crippen LogP contribution in [0.25, 0.3) is 0 Å². The molecule has 2 aromatic rings. The summed E-state index contributed by atoms with van der Waals surface area (Å²) in [4.78, 5) is 18.8. The lowest BCUT2D eigenvalue weighted by Gasteiger charge is -2.23. The molecule has 1 aromatic carbocycles. The molecule has 132 valence electrons. The average molecular weight is 338 g/mol. The third-order valence-electron chi connectivity index (χ3n) is 4.69. The van der Waals surface area contributed by atoms with Crippen molar-refractivity contribution in [2.45, 2.75) is 44.8 Å². The van der Waals surface area contributed by atoms with Gasteiger partial charge >= 0.3 is 0 Å². The van der Waals surface area contributed by atoms with Gasteiger partial charge in [0, 0.05) is 38.5 Å². The van der Waals surface area contributed by atoms with E-state index in [0.717, 1.165) is 44.4 Å². The highest BCUT2D eigenvalue weighted by Crippen LogP contribution is 2.18. The smallest absolute Gasteiger partial charge is 0.222 e. The third kappa shape index (κ3) is 5.68. The summed E-state index contributed by atoms with van der Waals surface area (Å²) >= 11 is 0. The normalized spacial score (nSPS) is 16.7. The minimum atomic E-state index is 0.211. The molecule has 1 fully saturated rings. The van der Waals surface area contributed by atoms with E-state index in [9.17, 15) is 4.79 Å². The van der Waals surface area contributed by atoms with Crippen molar-refractivity contribution in [3.63, 3.8) is 0 Å². The Labute approximate surface area is 149 Å². The molecule has 2 heterocycles. The lowest BCUT2D eigenvalue weighted by atomic mass is 10.1. The van der Waals surface area contributed by atoms with E-state index in [1.54, 1.807) is 12.4 Å². The second-order valence-electron chi connectivity index (χ2n) is 6.58. The van der Waals surface area contributed by atoms with Crippen molar-refractivity contribution >= 4 is 5.91 Å². The molecule has 1 atom stereocenters. The number of aromatic nitrogens is 1. The van der Waals surface area contributed by atoms with Gasteiger partial charge in [-0.1, -0.05) is 30.3 Å². The van der Waals surface area contributed by atoms with E-state index in [2.05, 4.69) is 17.1 Å². The number of nitrogens with zero attached hydrogens (tertiary/aromatic N) is 2. The van der Waals surface area contributed by atoms with Gasteiger partial charge in [0.25, 0.3) is 0 Å². The zero-order chi connectivity index (χ0) is 17.3. The molecule has 25 heavy (non-hydrogen) atoms. The largest absolute Gasteiger partial charge is 0.378 e. The van der Waals surface area contributed by atoms with Crippen molar-refractivity contribution in [1.82, 2.24) is 9.88 Å². The van der Waals surface area contributed by atoms with E-state index >= 15 is 0 Å². The second-order valence-corrected chi connectivity index (χ2v) is 6.58. The summed E-state index contributed by atoms with van der Waals surface area (Å²) in [5.41, 5.74) is 2.38. The van der Waals surface area contributed by atoms with E-state index in [4.69, 9.17) is 4.74 Å². The van der Waals surface area contributed by atoms with E-state index in [0.29, 0.717) is 13.0 Å². The van der Waals surface area contributed by atoms with Crippen LogP contribution >= 0.6 is 0 Å². The number of carbonyl (C=O) groups excluding carboxylic acids is 1. The highest BCUT2D eigenvalue weighted by atomic mass is 16.5. The summed E-state index contributed by atoms with van der Waals surface area (Å²) in [6.45, 7) is 2.21. The fraction of sp³-hybridized carbons (Fsp3) is 0.429. The van der Waals surface area contributed by atoms with Gasteiger partial charge in [-0.05, 0) is 48.9 Å². The van der Waals surface area contributed by atoms with Crippen LogP contribution in [0.4, 0.5) is 0 Å². The van der Waals surface area contributed by atoms with Crippen molar-refractivity contribution in [1.29, 1.82) is 0 Å². The summed E-state index contributed by atoms with van der Waals surface area (Å²) < 4.78 is 5.65. The molecule has 3 rings (SSSR count). The molecule has 0 aliphatic carbocycles. The van der Waals surface area contributed by atoms with Crippen molar-refractivity contribution in [3.05, 3.63) is 66.0 Å². The number of benzene rings is 1. The first kappa shape index (κ1) is 17.6. The first-order chi connectivity index (χ1) is 12.3. The van der Waals surface area contributed by atoms with E-state index < -0.39 is 0 Å². The van der Waals surface area contributed by atoms with Crippen LogP contribution in [0.5, 0.6) is 0 Å². The molecule has 0 N–H and O–H groups in total. The minimum absolute atomic E-state index is 0.211. The van der Waals surface area contributed by atoms with Gasteiger partial charge < -0.3 is 9.64 Å². The van der Waals surface area contributed by atoms with E-state index in [1.165, 1.54) is 5.56 Å². The fourth-order valence-corrected chi connectivity index (χ4v) is 3.22.